The minimum atomic E-state index is -0.507. The summed E-state index contributed by atoms with van der Waals surface area (Å²) < 4.78 is 22.5. The number of nitrogens with one attached hydrogen (secondary N) is 2. The molecule has 6 N–H and O–H groups in total. The molecule has 0 bridgehead atoms. The molecule has 2 unspecified atom stereocenters. The summed E-state index contributed by atoms with van der Waals surface area (Å²) in [7, 11) is 1.94. The van der Waals surface area contributed by atoms with Crippen molar-refractivity contribution in [2.45, 2.75) is 44.8 Å². The number of nitrogens with zero attached hydrogens (tertiary/aromatic N) is 4. The van der Waals surface area contributed by atoms with Gasteiger partial charge in [0, 0.05) is 48.5 Å². The zero-order chi connectivity index (χ0) is 30.5. The first kappa shape index (κ1) is 30.5. The zero-order valence-corrected chi connectivity index (χ0v) is 25.2. The number of morpholine rings is 1. The number of halogens is 2. The van der Waals surface area contributed by atoms with Crippen LogP contribution in [-0.2, 0) is 11.2 Å². The predicted molar refractivity (Wildman–Crippen MR) is 171 cm³/mol. The lowest BCUT2D eigenvalue weighted by atomic mass is 10.0. The molecule has 5 rings (SSSR count). The van der Waals surface area contributed by atoms with Gasteiger partial charge in [0.15, 0.2) is 11.8 Å². The highest BCUT2D eigenvalue weighted by atomic mass is 35.5. The van der Waals surface area contributed by atoms with Gasteiger partial charge in [-0.1, -0.05) is 11.6 Å². The number of aromatic nitrogens is 3. The molecule has 1 aliphatic heterocycles. The molecular weight excluding hydrogens is 571 g/mol. The Kier molecular flexibility index (Phi) is 9.64. The summed E-state index contributed by atoms with van der Waals surface area (Å²) in [5, 5.41) is 3.98. The number of guanidine groups is 1. The summed E-state index contributed by atoms with van der Waals surface area (Å²) in [5.41, 5.74) is 14.3. The van der Waals surface area contributed by atoms with Crippen molar-refractivity contribution in [1.82, 2.24) is 19.9 Å². The van der Waals surface area contributed by atoms with Gasteiger partial charge in [-0.05, 0) is 87.7 Å². The summed E-state index contributed by atoms with van der Waals surface area (Å²) in [6, 6.07) is 13.4. The molecular formula is C31H38ClFN8O2. The Balaban J connectivity index is 1.34. The molecule has 2 atom stereocenters. The Morgan fingerprint density at radius 2 is 2.02 bits per heavy atom. The Morgan fingerprint density at radius 3 is 2.77 bits per heavy atom. The minimum absolute atomic E-state index is 0.0241. The van der Waals surface area contributed by atoms with E-state index in [2.05, 4.69) is 32.1 Å². The van der Waals surface area contributed by atoms with E-state index in [9.17, 15) is 4.79 Å². The van der Waals surface area contributed by atoms with Gasteiger partial charge in [-0.2, -0.15) is 4.98 Å². The Morgan fingerprint density at radius 1 is 1.26 bits per heavy atom. The van der Waals surface area contributed by atoms with Crippen molar-refractivity contribution in [2.75, 3.05) is 38.2 Å². The van der Waals surface area contributed by atoms with Crippen molar-refractivity contribution < 1.29 is 9.13 Å². The fourth-order valence-electron chi connectivity index (χ4n) is 5.36. The number of benzene rings is 2. The number of anilines is 1. The van der Waals surface area contributed by atoms with Crippen LogP contribution in [-0.4, -0.2) is 65.9 Å². The molecule has 3 heterocycles. The molecule has 1 saturated heterocycles. The van der Waals surface area contributed by atoms with E-state index in [1.54, 1.807) is 18.3 Å². The third-order valence-electron chi connectivity index (χ3n) is 7.86. The molecule has 0 spiro atoms. The van der Waals surface area contributed by atoms with E-state index in [0.29, 0.717) is 47.2 Å². The summed E-state index contributed by atoms with van der Waals surface area (Å²) in [4.78, 5) is 26.7. The van der Waals surface area contributed by atoms with Crippen molar-refractivity contribution in [1.29, 1.82) is 0 Å². The molecule has 0 saturated carbocycles. The number of hydrogen-bond acceptors (Lipinski definition) is 6. The first-order valence-electron chi connectivity index (χ1n) is 14.5. The van der Waals surface area contributed by atoms with Crippen molar-refractivity contribution in [3.63, 3.8) is 0 Å². The molecule has 0 radical (unpaired) electrons. The molecule has 2 aromatic carbocycles. The molecule has 1 aliphatic rings. The van der Waals surface area contributed by atoms with Crippen LogP contribution in [0.5, 0.6) is 0 Å². The molecule has 4 aromatic rings. The van der Waals surface area contributed by atoms with Crippen LogP contribution in [0.25, 0.3) is 28.0 Å². The third-order valence-corrected chi connectivity index (χ3v) is 8.13. The highest BCUT2D eigenvalue weighted by molar-refractivity contribution is 6.31. The van der Waals surface area contributed by atoms with E-state index >= 15 is 4.39 Å². The van der Waals surface area contributed by atoms with Crippen LogP contribution in [0.15, 0.2) is 58.4 Å². The first-order valence-corrected chi connectivity index (χ1v) is 14.9. The van der Waals surface area contributed by atoms with Crippen molar-refractivity contribution in [3.8, 4) is 16.9 Å². The van der Waals surface area contributed by atoms with Crippen molar-refractivity contribution in [2.24, 2.45) is 16.5 Å². The summed E-state index contributed by atoms with van der Waals surface area (Å²) in [5.74, 6) is -0.429. The quantitative estimate of drug-likeness (QED) is 0.149. The van der Waals surface area contributed by atoms with Gasteiger partial charge in [0.25, 0.3) is 0 Å². The van der Waals surface area contributed by atoms with Crippen LogP contribution in [0, 0.1) is 5.82 Å². The average molecular weight is 609 g/mol. The number of aryl methyl sites for hydroxylation is 1. The van der Waals surface area contributed by atoms with E-state index in [1.807, 2.05) is 37.4 Å². The molecule has 0 aliphatic carbocycles. The first-order chi connectivity index (χ1) is 20.7. The third kappa shape index (κ3) is 7.35. The van der Waals surface area contributed by atoms with Gasteiger partial charge in [-0.3, -0.25) is 9.56 Å². The number of nitrogens with two attached hydrogens (primary N) is 2. The van der Waals surface area contributed by atoms with Gasteiger partial charge < -0.3 is 31.4 Å². The fraction of sp³-hybridized carbons (Fsp3) is 0.387. The smallest absolute Gasteiger partial charge is 0.354 e. The lowest BCUT2D eigenvalue weighted by Crippen LogP contribution is -2.42. The minimum Gasteiger partial charge on any atom is -0.374 e. The van der Waals surface area contributed by atoms with Gasteiger partial charge in [-0.15, -0.1) is 0 Å². The maximum atomic E-state index is 15.2. The Labute approximate surface area is 254 Å². The van der Waals surface area contributed by atoms with Gasteiger partial charge in [0.2, 0.25) is 0 Å². The van der Waals surface area contributed by atoms with Gasteiger partial charge in [-0.25, -0.2) is 9.18 Å². The van der Waals surface area contributed by atoms with Crippen LogP contribution in [0.1, 0.15) is 31.7 Å². The summed E-state index contributed by atoms with van der Waals surface area (Å²) in [6.45, 7) is 4.73. The van der Waals surface area contributed by atoms with Crippen molar-refractivity contribution in [3.05, 3.63) is 75.5 Å². The average Bonchev–Trinajstić information content (AvgIpc) is 3.41. The van der Waals surface area contributed by atoms with E-state index in [4.69, 9.17) is 27.8 Å². The second-order valence-corrected chi connectivity index (χ2v) is 11.4. The van der Waals surface area contributed by atoms with E-state index < -0.39 is 11.5 Å². The van der Waals surface area contributed by atoms with Gasteiger partial charge in [0.1, 0.15) is 5.65 Å². The Bertz CT molecular complexity index is 1650. The second-order valence-electron chi connectivity index (χ2n) is 11.0. The largest absolute Gasteiger partial charge is 0.374 e. The zero-order valence-electron chi connectivity index (χ0n) is 24.4. The SMILES string of the molecule is CNC(C)CCCc1cc(Cl)c(F)c(-c2cc3cn(-c4ccc(N5CCOC(CCN=C(N)N)C5)cc4)c(=O)nc3[nH]2)c1. The number of hydrogen-bond donors (Lipinski definition) is 4. The lowest BCUT2D eigenvalue weighted by molar-refractivity contribution is 0.0369. The molecule has 2 aromatic heterocycles. The van der Waals surface area contributed by atoms with Crippen LogP contribution in [0.4, 0.5) is 10.1 Å². The number of aliphatic imine (C=N–C) groups is 1. The topological polar surface area (TPSA) is 140 Å². The fourth-order valence-corrected chi connectivity index (χ4v) is 5.60. The van der Waals surface area contributed by atoms with E-state index in [1.165, 1.54) is 4.57 Å². The number of aromatic amines is 1. The monoisotopic (exact) mass is 608 g/mol. The van der Waals surface area contributed by atoms with Crippen molar-refractivity contribution >= 4 is 34.3 Å². The van der Waals surface area contributed by atoms with Crippen LogP contribution in [0.3, 0.4) is 0 Å². The predicted octanol–water partition coefficient (Wildman–Crippen LogP) is 3.97. The number of H-pyrrole nitrogens is 1. The highest BCUT2D eigenvalue weighted by Gasteiger charge is 2.21. The maximum Gasteiger partial charge on any atom is 0.354 e. The standard InChI is InChI=1S/C31H38ClFN8O2/c1-19(36-2)4-3-5-20-14-25(28(33)26(32)15-20)27-16-21-17-41(31(42)39-29(21)38-27)23-8-6-22(7-9-23)40-12-13-43-24(18-40)10-11-37-30(34)35/h6-9,14-17,19,24,36H,3-5,10-13,18H2,1-2H3,(H4,34,35,37)(H,38,39,42). The summed E-state index contributed by atoms with van der Waals surface area (Å²) in [6.07, 6.45) is 5.19. The Hall–Kier alpha value is -3.93. The van der Waals surface area contributed by atoms with Crippen LogP contribution < -0.4 is 27.4 Å². The second kappa shape index (κ2) is 13.6. The van der Waals surface area contributed by atoms with Gasteiger partial charge >= 0.3 is 5.69 Å². The van der Waals surface area contributed by atoms with E-state index in [-0.39, 0.29) is 17.1 Å². The lowest BCUT2D eigenvalue weighted by Gasteiger charge is -2.34. The molecule has 10 nitrogen and oxygen atoms in total. The molecule has 43 heavy (non-hydrogen) atoms. The normalized spacial score (nSPS) is 16.0. The summed E-state index contributed by atoms with van der Waals surface area (Å²) >= 11 is 6.28. The van der Waals surface area contributed by atoms with Crippen LogP contribution >= 0.6 is 11.6 Å². The van der Waals surface area contributed by atoms with E-state index in [0.717, 1.165) is 50.0 Å². The number of fused-ring (bicyclic) bond motifs is 1. The van der Waals surface area contributed by atoms with Gasteiger partial charge in [0.05, 0.1) is 29.1 Å². The maximum absolute atomic E-state index is 15.2. The molecule has 0 amide bonds. The number of rotatable bonds is 11. The highest BCUT2D eigenvalue weighted by Crippen LogP contribution is 2.31. The molecule has 1 fully saturated rings. The molecule has 12 heteroatoms. The molecule has 228 valence electrons. The van der Waals surface area contributed by atoms with Crippen LogP contribution in [0.2, 0.25) is 5.02 Å². The number of ether oxygens (including phenoxy) is 1.